The van der Waals surface area contributed by atoms with Crippen LogP contribution in [0, 0.1) is 6.92 Å². The van der Waals surface area contributed by atoms with Gasteiger partial charge in [0.1, 0.15) is 11.5 Å². The summed E-state index contributed by atoms with van der Waals surface area (Å²) in [5, 5.41) is 7.38. The van der Waals surface area contributed by atoms with E-state index in [0.29, 0.717) is 43.4 Å². The highest BCUT2D eigenvalue weighted by Crippen LogP contribution is 2.24. The molecule has 0 radical (unpaired) electrons. The fourth-order valence-corrected chi connectivity index (χ4v) is 4.18. The molecular weight excluding hydrogens is 406 g/mol. The molecule has 8 nitrogen and oxygen atoms in total. The summed E-state index contributed by atoms with van der Waals surface area (Å²) in [6, 6.07) is 11.8. The van der Waals surface area contributed by atoms with Gasteiger partial charge in [-0.3, -0.25) is 4.79 Å². The highest BCUT2D eigenvalue weighted by molar-refractivity contribution is 6.06. The van der Waals surface area contributed by atoms with E-state index in [1.54, 1.807) is 18.0 Å². The maximum absolute atomic E-state index is 13.0. The van der Waals surface area contributed by atoms with E-state index in [9.17, 15) is 9.59 Å². The molecule has 168 valence electrons. The monoisotopic (exact) mass is 435 g/mol. The zero-order valence-corrected chi connectivity index (χ0v) is 18.7. The third-order valence-corrected chi connectivity index (χ3v) is 5.80. The van der Waals surface area contributed by atoms with Crippen molar-refractivity contribution in [1.82, 2.24) is 14.5 Å². The largest absolute Gasteiger partial charge is 0.450 e. The van der Waals surface area contributed by atoms with Crippen LogP contribution in [0.4, 0.5) is 16.3 Å². The topological polar surface area (TPSA) is 88.5 Å². The van der Waals surface area contributed by atoms with Crippen LogP contribution < -0.4 is 10.6 Å². The van der Waals surface area contributed by atoms with Crippen LogP contribution in [0.1, 0.15) is 36.3 Å². The number of nitrogens with one attached hydrogen (secondary N) is 2. The van der Waals surface area contributed by atoms with Crippen LogP contribution in [-0.2, 0) is 11.3 Å². The third kappa shape index (κ3) is 4.39. The smallest absolute Gasteiger partial charge is 0.409 e. The van der Waals surface area contributed by atoms with Gasteiger partial charge in [-0.15, -0.1) is 0 Å². The van der Waals surface area contributed by atoms with Crippen LogP contribution in [0.2, 0.25) is 0 Å². The Labute approximate surface area is 187 Å². The number of carbonyl (C=O) groups excluding carboxylic acids is 2. The fraction of sp³-hybridized carbons (Fsp3) is 0.375. The Balaban J connectivity index is 1.40. The number of nitrogens with zero attached hydrogens (tertiary/aromatic N) is 3. The van der Waals surface area contributed by atoms with Gasteiger partial charge in [-0.25, -0.2) is 9.78 Å². The number of likely N-dealkylation sites (tertiary alicyclic amines) is 1. The summed E-state index contributed by atoms with van der Waals surface area (Å²) in [5.41, 5.74) is 3.46. The third-order valence-electron chi connectivity index (χ3n) is 5.80. The first-order valence-electron chi connectivity index (χ1n) is 11.0. The number of pyridine rings is 1. The molecular formula is C24H29N5O3. The lowest BCUT2D eigenvalue weighted by molar-refractivity contribution is 0.101. The summed E-state index contributed by atoms with van der Waals surface area (Å²) < 4.78 is 7.08. The van der Waals surface area contributed by atoms with Crippen molar-refractivity contribution in [2.24, 2.45) is 0 Å². The predicted octanol–water partition coefficient (Wildman–Crippen LogP) is 4.26. The van der Waals surface area contributed by atoms with Gasteiger partial charge in [-0.2, -0.15) is 0 Å². The summed E-state index contributed by atoms with van der Waals surface area (Å²) in [6.45, 7) is 8.22. The zero-order chi connectivity index (χ0) is 22.7. The molecule has 32 heavy (non-hydrogen) atoms. The van der Waals surface area contributed by atoms with Crippen molar-refractivity contribution in [1.29, 1.82) is 0 Å². The maximum atomic E-state index is 13.0. The van der Waals surface area contributed by atoms with E-state index in [1.165, 1.54) is 0 Å². The molecule has 8 heteroatoms. The van der Waals surface area contributed by atoms with Gasteiger partial charge >= 0.3 is 6.09 Å². The molecule has 1 fully saturated rings. The van der Waals surface area contributed by atoms with Gasteiger partial charge < -0.3 is 24.8 Å². The molecule has 4 rings (SSSR count). The van der Waals surface area contributed by atoms with Crippen LogP contribution in [0.15, 0.2) is 42.6 Å². The highest BCUT2D eigenvalue weighted by Gasteiger charge is 2.27. The predicted molar refractivity (Wildman–Crippen MR) is 125 cm³/mol. The van der Waals surface area contributed by atoms with Gasteiger partial charge in [0.05, 0.1) is 18.5 Å². The molecule has 0 spiro atoms. The lowest BCUT2D eigenvalue weighted by Crippen LogP contribution is -2.32. The normalized spacial score (nSPS) is 15.7. The van der Waals surface area contributed by atoms with Crippen molar-refractivity contribution in [2.45, 2.75) is 39.8 Å². The van der Waals surface area contributed by atoms with Gasteiger partial charge in [-0.05, 0) is 57.0 Å². The Kier molecular flexibility index (Phi) is 6.30. The first-order chi connectivity index (χ1) is 15.5. The Morgan fingerprint density at radius 1 is 1.22 bits per heavy atom. The molecule has 2 amide bonds. The number of ether oxygens (including phenoxy) is 1. The van der Waals surface area contributed by atoms with Crippen molar-refractivity contribution in [3.63, 3.8) is 0 Å². The average Bonchev–Trinajstić information content (AvgIpc) is 3.40. The quantitative estimate of drug-likeness (QED) is 0.604. The van der Waals surface area contributed by atoms with E-state index >= 15 is 0 Å². The summed E-state index contributed by atoms with van der Waals surface area (Å²) in [7, 11) is 0. The van der Waals surface area contributed by atoms with Gasteiger partial charge in [-0.1, -0.05) is 12.1 Å². The first kappa shape index (κ1) is 21.7. The van der Waals surface area contributed by atoms with Crippen LogP contribution in [0.5, 0.6) is 0 Å². The summed E-state index contributed by atoms with van der Waals surface area (Å²) in [5.74, 6) is 0.544. The number of fused-ring (bicyclic) bond motifs is 1. The van der Waals surface area contributed by atoms with Crippen LogP contribution in [0.3, 0.4) is 0 Å². The molecule has 1 saturated heterocycles. The standard InChI is InChI=1S/C24H29N5O3/c1-4-29-20-8-6-7-16(3)19(20)13-21(29)23(30)27-17-9-10-22(25-14-17)26-18-11-12-28(15-18)24(31)32-5-2/h6-10,13-14,18H,4-5,11-12,15H2,1-3H3,(H,25,26)(H,27,30). The van der Waals surface area contributed by atoms with Crippen molar-refractivity contribution >= 4 is 34.4 Å². The van der Waals surface area contributed by atoms with Crippen LogP contribution in [-0.4, -0.2) is 52.2 Å². The summed E-state index contributed by atoms with van der Waals surface area (Å²) >= 11 is 0. The number of aromatic nitrogens is 2. The van der Waals surface area contributed by atoms with E-state index in [0.717, 1.165) is 22.9 Å². The van der Waals surface area contributed by atoms with Gasteiger partial charge in [0.25, 0.3) is 5.91 Å². The second kappa shape index (κ2) is 9.30. The van der Waals surface area contributed by atoms with Crippen LogP contribution >= 0.6 is 0 Å². The molecule has 0 aliphatic carbocycles. The molecule has 3 aromatic rings. The Morgan fingerprint density at radius 2 is 2.06 bits per heavy atom. The molecule has 1 aromatic carbocycles. The van der Waals surface area contributed by atoms with E-state index in [-0.39, 0.29) is 18.0 Å². The summed E-state index contributed by atoms with van der Waals surface area (Å²) in [6.07, 6.45) is 2.20. The molecule has 3 heterocycles. The number of hydrogen-bond donors (Lipinski definition) is 2. The number of rotatable bonds is 6. The van der Waals surface area contributed by atoms with Gasteiger partial charge in [0.15, 0.2) is 0 Å². The molecule has 1 aliphatic rings. The summed E-state index contributed by atoms with van der Waals surface area (Å²) in [4.78, 5) is 30.9. The van der Waals surface area contributed by atoms with E-state index in [4.69, 9.17) is 4.74 Å². The van der Waals surface area contributed by atoms with Gasteiger partial charge in [0, 0.05) is 36.6 Å². The number of hydrogen-bond acceptors (Lipinski definition) is 5. The number of carbonyl (C=O) groups is 2. The van der Waals surface area contributed by atoms with Gasteiger partial charge in [0.2, 0.25) is 0 Å². The Bertz CT molecular complexity index is 1120. The second-order valence-corrected chi connectivity index (χ2v) is 7.94. The minimum atomic E-state index is -0.275. The number of aryl methyl sites for hydroxylation is 2. The minimum Gasteiger partial charge on any atom is -0.450 e. The lowest BCUT2D eigenvalue weighted by Gasteiger charge is -2.16. The molecule has 2 aromatic heterocycles. The first-order valence-corrected chi connectivity index (χ1v) is 11.0. The minimum absolute atomic E-state index is 0.121. The average molecular weight is 436 g/mol. The number of anilines is 2. The maximum Gasteiger partial charge on any atom is 0.409 e. The zero-order valence-electron chi connectivity index (χ0n) is 18.7. The van der Waals surface area contributed by atoms with Crippen molar-refractivity contribution in [3.05, 3.63) is 53.9 Å². The van der Waals surface area contributed by atoms with Crippen molar-refractivity contribution < 1.29 is 14.3 Å². The molecule has 1 aliphatic heterocycles. The lowest BCUT2D eigenvalue weighted by atomic mass is 10.1. The molecule has 1 unspecified atom stereocenters. The van der Waals surface area contributed by atoms with Crippen molar-refractivity contribution in [2.75, 3.05) is 30.3 Å². The molecule has 2 N–H and O–H groups in total. The number of benzene rings is 1. The fourth-order valence-electron chi connectivity index (χ4n) is 4.18. The SMILES string of the molecule is CCOC(=O)N1CCC(Nc2ccc(NC(=O)c3cc4c(C)cccc4n3CC)cn2)C1. The van der Waals surface area contributed by atoms with Crippen LogP contribution in [0.25, 0.3) is 10.9 Å². The highest BCUT2D eigenvalue weighted by atomic mass is 16.6. The van der Waals surface area contributed by atoms with E-state index in [2.05, 4.69) is 28.6 Å². The second-order valence-electron chi connectivity index (χ2n) is 7.94. The Hall–Kier alpha value is -3.55. The number of amides is 2. The Morgan fingerprint density at radius 3 is 2.78 bits per heavy atom. The molecule has 1 atom stereocenters. The van der Waals surface area contributed by atoms with E-state index in [1.807, 2.05) is 41.8 Å². The van der Waals surface area contributed by atoms with E-state index < -0.39 is 0 Å². The molecule has 0 bridgehead atoms. The molecule has 0 saturated carbocycles. The van der Waals surface area contributed by atoms with Crippen molar-refractivity contribution in [3.8, 4) is 0 Å².